The first-order chi connectivity index (χ1) is 5.65. The second kappa shape index (κ2) is 4.21. The molecule has 0 bridgehead atoms. The van der Waals surface area contributed by atoms with Crippen molar-refractivity contribution < 1.29 is 0 Å². The maximum absolute atomic E-state index is 5.78. The zero-order chi connectivity index (χ0) is 9.14. The topological polar surface area (TPSA) is 26.0 Å². The quantitative estimate of drug-likeness (QED) is 0.830. The summed E-state index contributed by atoms with van der Waals surface area (Å²) < 4.78 is 2.04. The average Bonchev–Trinajstić information content (AvgIpc) is 2.03. The summed E-state index contributed by atoms with van der Waals surface area (Å²) >= 11 is 6.80. The highest BCUT2D eigenvalue weighted by molar-refractivity contribution is 9.11. The molecule has 3 heteroatoms. The third-order valence-electron chi connectivity index (χ3n) is 1.58. The summed E-state index contributed by atoms with van der Waals surface area (Å²) in [5.74, 6) is 0. The van der Waals surface area contributed by atoms with Gasteiger partial charge in [-0.1, -0.05) is 44.0 Å². The van der Waals surface area contributed by atoms with Gasteiger partial charge in [-0.3, -0.25) is 0 Å². The van der Waals surface area contributed by atoms with Crippen molar-refractivity contribution in [3.8, 4) is 0 Å². The van der Waals surface area contributed by atoms with Crippen LogP contribution < -0.4 is 5.73 Å². The molecule has 0 aliphatic rings. The van der Waals surface area contributed by atoms with Crippen molar-refractivity contribution in [1.29, 1.82) is 0 Å². The molecule has 0 saturated heterocycles. The largest absolute Gasteiger partial charge is 0.321 e. The van der Waals surface area contributed by atoms with Gasteiger partial charge in [0.25, 0.3) is 0 Å². The highest BCUT2D eigenvalue weighted by atomic mass is 79.9. The van der Waals surface area contributed by atoms with Gasteiger partial charge in [0, 0.05) is 15.0 Å². The van der Waals surface area contributed by atoms with E-state index < -0.39 is 0 Å². The van der Waals surface area contributed by atoms with Crippen LogP contribution in [-0.4, -0.2) is 0 Å². The molecule has 64 valence electrons. The minimum Gasteiger partial charge on any atom is -0.321 e. The minimum absolute atomic E-state index is 0.104. The molecule has 0 radical (unpaired) electrons. The maximum Gasteiger partial charge on any atom is 0.0489 e. The Balaban J connectivity index is 3.09. The van der Waals surface area contributed by atoms with Gasteiger partial charge in [-0.25, -0.2) is 0 Å². The van der Waals surface area contributed by atoms with Gasteiger partial charge in [0.2, 0.25) is 0 Å². The molecule has 0 amide bonds. The van der Waals surface area contributed by atoms with Crippen LogP contribution in [0, 0.1) is 0 Å². The van der Waals surface area contributed by atoms with Gasteiger partial charge in [-0.05, 0) is 17.7 Å². The van der Waals surface area contributed by atoms with Gasteiger partial charge in [0.15, 0.2) is 0 Å². The van der Waals surface area contributed by atoms with E-state index in [0.29, 0.717) is 0 Å². The van der Waals surface area contributed by atoms with Gasteiger partial charge in [-0.15, -0.1) is 6.58 Å². The molecular formula is C9H9Br2N. The molecule has 12 heavy (non-hydrogen) atoms. The van der Waals surface area contributed by atoms with Crippen LogP contribution in [0.5, 0.6) is 0 Å². The van der Waals surface area contributed by atoms with Gasteiger partial charge < -0.3 is 5.73 Å². The van der Waals surface area contributed by atoms with E-state index in [-0.39, 0.29) is 6.04 Å². The summed E-state index contributed by atoms with van der Waals surface area (Å²) in [5.41, 5.74) is 6.83. The summed E-state index contributed by atoms with van der Waals surface area (Å²) in [6.07, 6.45) is 1.72. The summed E-state index contributed by atoms with van der Waals surface area (Å²) in [4.78, 5) is 0. The Morgan fingerprint density at radius 2 is 2.08 bits per heavy atom. The summed E-state index contributed by atoms with van der Waals surface area (Å²) in [7, 11) is 0. The standard InChI is InChI=1S/C9H9Br2N/c1-2-9(12)7-4-3-6(10)5-8(7)11/h2-5,9H,1,12H2. The van der Waals surface area contributed by atoms with E-state index in [4.69, 9.17) is 5.73 Å². The lowest BCUT2D eigenvalue weighted by Gasteiger charge is -2.08. The highest BCUT2D eigenvalue weighted by Gasteiger charge is 2.05. The van der Waals surface area contributed by atoms with E-state index in [1.807, 2.05) is 18.2 Å². The fraction of sp³-hybridized carbons (Fsp3) is 0.111. The van der Waals surface area contributed by atoms with E-state index in [9.17, 15) is 0 Å². The third kappa shape index (κ3) is 2.19. The summed E-state index contributed by atoms with van der Waals surface area (Å²) in [6, 6.07) is 5.80. The molecule has 0 spiro atoms. The Bertz CT molecular complexity index is 297. The Hall–Kier alpha value is -0.120. The van der Waals surface area contributed by atoms with Gasteiger partial charge in [-0.2, -0.15) is 0 Å². The van der Waals surface area contributed by atoms with Crippen LogP contribution in [0.4, 0.5) is 0 Å². The molecule has 1 unspecified atom stereocenters. The first kappa shape index (κ1) is 9.96. The van der Waals surface area contributed by atoms with Crippen LogP contribution in [0.15, 0.2) is 39.8 Å². The molecule has 1 aromatic carbocycles. The van der Waals surface area contributed by atoms with Crippen molar-refractivity contribution in [3.05, 3.63) is 45.4 Å². The van der Waals surface area contributed by atoms with Crippen LogP contribution in [-0.2, 0) is 0 Å². The molecule has 0 fully saturated rings. The predicted octanol–water partition coefficient (Wildman–Crippen LogP) is 3.40. The monoisotopic (exact) mass is 289 g/mol. The molecule has 0 aliphatic carbocycles. The minimum atomic E-state index is -0.104. The lowest BCUT2D eigenvalue weighted by Crippen LogP contribution is -2.06. The molecule has 2 N–H and O–H groups in total. The first-order valence-corrected chi connectivity index (χ1v) is 5.07. The van der Waals surface area contributed by atoms with Crippen molar-refractivity contribution in [2.24, 2.45) is 5.73 Å². The number of nitrogens with two attached hydrogens (primary N) is 1. The van der Waals surface area contributed by atoms with E-state index >= 15 is 0 Å². The first-order valence-electron chi connectivity index (χ1n) is 3.48. The molecule has 0 aromatic heterocycles. The predicted molar refractivity (Wildman–Crippen MR) is 59.0 cm³/mol. The molecule has 0 saturated carbocycles. The molecule has 1 atom stereocenters. The molecule has 1 rings (SSSR count). The number of hydrogen-bond acceptors (Lipinski definition) is 1. The van der Waals surface area contributed by atoms with Crippen LogP contribution in [0.3, 0.4) is 0 Å². The van der Waals surface area contributed by atoms with Crippen LogP contribution in [0.2, 0.25) is 0 Å². The maximum atomic E-state index is 5.78. The lowest BCUT2D eigenvalue weighted by molar-refractivity contribution is 0.907. The van der Waals surface area contributed by atoms with E-state index in [1.165, 1.54) is 0 Å². The van der Waals surface area contributed by atoms with Gasteiger partial charge in [0.1, 0.15) is 0 Å². The van der Waals surface area contributed by atoms with Crippen molar-refractivity contribution >= 4 is 31.9 Å². The number of benzene rings is 1. The zero-order valence-corrected chi connectivity index (χ0v) is 9.60. The van der Waals surface area contributed by atoms with Crippen molar-refractivity contribution in [2.45, 2.75) is 6.04 Å². The van der Waals surface area contributed by atoms with E-state index in [1.54, 1.807) is 6.08 Å². The van der Waals surface area contributed by atoms with Crippen molar-refractivity contribution in [3.63, 3.8) is 0 Å². The highest BCUT2D eigenvalue weighted by Crippen LogP contribution is 2.25. The second-order valence-corrected chi connectivity index (χ2v) is 4.20. The summed E-state index contributed by atoms with van der Waals surface area (Å²) in [6.45, 7) is 3.64. The smallest absolute Gasteiger partial charge is 0.0489 e. The Morgan fingerprint density at radius 3 is 2.58 bits per heavy atom. The molecule has 0 aliphatic heterocycles. The fourth-order valence-corrected chi connectivity index (χ4v) is 2.21. The molecule has 1 nitrogen and oxygen atoms in total. The van der Waals surface area contributed by atoms with Gasteiger partial charge >= 0.3 is 0 Å². The Labute approximate surface area is 88.9 Å². The average molecular weight is 291 g/mol. The summed E-state index contributed by atoms with van der Waals surface area (Å²) in [5, 5.41) is 0. The molecule has 0 heterocycles. The number of halogens is 2. The number of hydrogen-bond donors (Lipinski definition) is 1. The van der Waals surface area contributed by atoms with Crippen LogP contribution >= 0.6 is 31.9 Å². The van der Waals surface area contributed by atoms with Crippen molar-refractivity contribution in [1.82, 2.24) is 0 Å². The fourth-order valence-electron chi connectivity index (χ4n) is 0.899. The second-order valence-electron chi connectivity index (χ2n) is 2.43. The normalized spacial score (nSPS) is 12.6. The van der Waals surface area contributed by atoms with Gasteiger partial charge in [0.05, 0.1) is 0 Å². The third-order valence-corrected chi connectivity index (χ3v) is 2.76. The van der Waals surface area contributed by atoms with Crippen LogP contribution in [0.1, 0.15) is 11.6 Å². The SMILES string of the molecule is C=CC(N)c1ccc(Br)cc1Br. The molecular weight excluding hydrogens is 282 g/mol. The zero-order valence-electron chi connectivity index (χ0n) is 6.43. The van der Waals surface area contributed by atoms with E-state index in [0.717, 1.165) is 14.5 Å². The Morgan fingerprint density at radius 1 is 1.42 bits per heavy atom. The Kier molecular flexibility index (Phi) is 3.50. The molecule has 1 aromatic rings. The van der Waals surface area contributed by atoms with E-state index in [2.05, 4.69) is 38.4 Å². The van der Waals surface area contributed by atoms with Crippen LogP contribution in [0.25, 0.3) is 0 Å². The number of rotatable bonds is 2. The van der Waals surface area contributed by atoms with Crippen molar-refractivity contribution in [2.75, 3.05) is 0 Å². The lowest BCUT2D eigenvalue weighted by atomic mass is 10.1.